The maximum absolute atomic E-state index is 12.1. The van der Waals surface area contributed by atoms with Crippen LogP contribution in [0.5, 0.6) is 0 Å². The molecule has 0 aliphatic carbocycles. The molecule has 0 spiro atoms. The molecule has 1 rings (SSSR count). The van der Waals surface area contributed by atoms with E-state index in [0.29, 0.717) is 0 Å². The van der Waals surface area contributed by atoms with Gasteiger partial charge in [-0.1, -0.05) is 6.92 Å². The van der Waals surface area contributed by atoms with E-state index in [4.69, 9.17) is 33.2 Å². The van der Waals surface area contributed by atoms with Crippen LogP contribution in [0.15, 0.2) is 0 Å². The number of ether oxygens (including phenoxy) is 7. The largest absolute Gasteiger partial charge is 0.465 e. The second-order valence-corrected chi connectivity index (χ2v) is 7.92. The van der Waals surface area contributed by atoms with Gasteiger partial charge in [-0.25, -0.2) is 0 Å². The normalized spacial score (nSPS) is 23.8. The summed E-state index contributed by atoms with van der Waals surface area (Å²) in [7, 11) is 0. The molecule has 5 atom stereocenters. The minimum absolute atomic E-state index is 0.000794. The maximum Gasteiger partial charge on any atom is 0.320 e. The van der Waals surface area contributed by atoms with Crippen LogP contribution in [0.1, 0.15) is 54.4 Å². The van der Waals surface area contributed by atoms with Crippen LogP contribution in [0, 0.1) is 11.8 Å². The van der Waals surface area contributed by atoms with Gasteiger partial charge < -0.3 is 33.2 Å². The Morgan fingerprint density at radius 3 is 1.83 bits per heavy atom. The summed E-state index contributed by atoms with van der Waals surface area (Å²) in [6, 6.07) is 0. The van der Waals surface area contributed by atoms with E-state index in [-0.39, 0.29) is 39.3 Å². The summed E-state index contributed by atoms with van der Waals surface area (Å²) >= 11 is 0. The number of rotatable bonds is 13. The van der Waals surface area contributed by atoms with E-state index in [1.54, 1.807) is 20.8 Å². The van der Waals surface area contributed by atoms with Crippen LogP contribution in [0.25, 0.3) is 0 Å². The van der Waals surface area contributed by atoms with Gasteiger partial charge >= 0.3 is 29.8 Å². The summed E-state index contributed by atoms with van der Waals surface area (Å²) in [5.74, 6) is -4.75. The monoisotopic (exact) mass is 504 g/mol. The van der Waals surface area contributed by atoms with Crippen LogP contribution in [0.2, 0.25) is 0 Å². The molecule has 0 amide bonds. The minimum atomic E-state index is -1.16. The quantitative estimate of drug-likeness (QED) is 0.154. The predicted molar refractivity (Wildman–Crippen MR) is 118 cm³/mol. The molecule has 0 radical (unpaired) electrons. The second-order valence-electron chi connectivity index (χ2n) is 7.92. The Kier molecular flexibility index (Phi) is 13.2. The number of hydrogen-bond donors (Lipinski definition) is 0. The van der Waals surface area contributed by atoms with Gasteiger partial charge in [0, 0.05) is 33.3 Å². The average Bonchev–Trinajstić information content (AvgIpc) is 2.76. The van der Waals surface area contributed by atoms with Crippen molar-refractivity contribution < 1.29 is 57.1 Å². The standard InChI is InChI=1S/C23H36O12/c1-7-29-21(27)17(22(28)30-8-2)10-9-11-31-23-20(34-16(6)26)19(33-15(5)25)13(3)18(35-23)12-32-14(4)24/h13,17-20,23H,7-12H2,1-6H3/t13-,18-,19+,20+,23?/m1/s1. The summed E-state index contributed by atoms with van der Waals surface area (Å²) < 4.78 is 37.4. The molecule has 0 aromatic heterocycles. The highest BCUT2D eigenvalue weighted by atomic mass is 16.7. The molecule has 1 unspecified atom stereocenters. The van der Waals surface area contributed by atoms with Gasteiger partial charge in [0.2, 0.25) is 0 Å². The van der Waals surface area contributed by atoms with E-state index in [0.717, 1.165) is 0 Å². The molecule has 1 aliphatic heterocycles. The van der Waals surface area contributed by atoms with Crippen LogP contribution in [-0.2, 0) is 57.1 Å². The third kappa shape index (κ3) is 10.2. The molecule has 1 heterocycles. The highest BCUT2D eigenvalue weighted by molar-refractivity contribution is 5.94. The molecule has 12 nitrogen and oxygen atoms in total. The van der Waals surface area contributed by atoms with Crippen molar-refractivity contribution in [1.29, 1.82) is 0 Å². The van der Waals surface area contributed by atoms with Gasteiger partial charge in [0.15, 0.2) is 18.3 Å². The van der Waals surface area contributed by atoms with Crippen molar-refractivity contribution in [2.45, 2.75) is 79.0 Å². The average molecular weight is 505 g/mol. The molecular formula is C23H36O12. The van der Waals surface area contributed by atoms with Crippen molar-refractivity contribution in [3.05, 3.63) is 0 Å². The first-order valence-electron chi connectivity index (χ1n) is 11.6. The maximum atomic E-state index is 12.1. The van der Waals surface area contributed by atoms with Crippen LogP contribution in [0.4, 0.5) is 0 Å². The van der Waals surface area contributed by atoms with Crippen molar-refractivity contribution in [2.24, 2.45) is 11.8 Å². The van der Waals surface area contributed by atoms with E-state index in [2.05, 4.69) is 0 Å². The first-order valence-corrected chi connectivity index (χ1v) is 11.6. The number of carbonyl (C=O) groups is 5. The Morgan fingerprint density at radius 1 is 0.800 bits per heavy atom. The van der Waals surface area contributed by atoms with Crippen LogP contribution >= 0.6 is 0 Å². The molecule has 35 heavy (non-hydrogen) atoms. The highest BCUT2D eigenvalue weighted by Crippen LogP contribution is 2.32. The number of esters is 5. The van der Waals surface area contributed by atoms with Crippen molar-refractivity contribution in [1.82, 2.24) is 0 Å². The van der Waals surface area contributed by atoms with Crippen molar-refractivity contribution >= 4 is 29.8 Å². The van der Waals surface area contributed by atoms with Gasteiger partial charge in [0.1, 0.15) is 18.8 Å². The van der Waals surface area contributed by atoms with Crippen molar-refractivity contribution in [3.8, 4) is 0 Å². The van der Waals surface area contributed by atoms with Crippen molar-refractivity contribution in [3.63, 3.8) is 0 Å². The Balaban J connectivity index is 2.95. The smallest absolute Gasteiger partial charge is 0.320 e. The fourth-order valence-electron chi connectivity index (χ4n) is 3.55. The zero-order valence-corrected chi connectivity index (χ0v) is 21.1. The van der Waals surface area contributed by atoms with Crippen LogP contribution < -0.4 is 0 Å². The molecule has 12 heteroatoms. The second kappa shape index (κ2) is 15.3. The Hall–Kier alpha value is -2.73. The molecular weight excluding hydrogens is 468 g/mol. The lowest BCUT2D eigenvalue weighted by Gasteiger charge is -2.43. The van der Waals surface area contributed by atoms with E-state index in [9.17, 15) is 24.0 Å². The lowest BCUT2D eigenvalue weighted by atomic mass is 9.90. The molecule has 0 N–H and O–H groups in total. The molecule has 1 saturated heterocycles. The molecule has 1 fully saturated rings. The van der Waals surface area contributed by atoms with E-state index in [1.165, 1.54) is 20.8 Å². The number of hydrogen-bond acceptors (Lipinski definition) is 12. The van der Waals surface area contributed by atoms with E-state index >= 15 is 0 Å². The number of carbonyl (C=O) groups excluding carboxylic acids is 5. The summed E-state index contributed by atoms with van der Waals surface area (Å²) in [5.41, 5.74) is 0. The summed E-state index contributed by atoms with van der Waals surface area (Å²) in [6.45, 7) is 8.73. The first-order chi connectivity index (χ1) is 16.5. The van der Waals surface area contributed by atoms with Gasteiger partial charge in [0.25, 0.3) is 0 Å². The predicted octanol–water partition coefficient (Wildman–Crippen LogP) is 1.31. The van der Waals surface area contributed by atoms with Gasteiger partial charge in [0.05, 0.1) is 13.2 Å². The third-order valence-corrected chi connectivity index (χ3v) is 5.12. The van der Waals surface area contributed by atoms with Gasteiger partial charge in [-0.3, -0.25) is 24.0 Å². The fraction of sp³-hybridized carbons (Fsp3) is 0.783. The lowest BCUT2D eigenvalue weighted by molar-refractivity contribution is -0.294. The summed E-state index contributed by atoms with van der Waals surface area (Å²) in [4.78, 5) is 59.0. The Labute approximate surface area is 204 Å². The van der Waals surface area contributed by atoms with Crippen LogP contribution in [-0.4, -0.2) is 80.9 Å². The Bertz CT molecular complexity index is 718. The SMILES string of the molecule is CCOC(=O)C(CCCOC1O[C@H](COC(C)=O)[C@@H](C)[C@H](OC(C)=O)[C@@H]1OC(C)=O)C(=O)OCC. The molecule has 0 aromatic carbocycles. The Morgan fingerprint density at radius 2 is 1.34 bits per heavy atom. The fourth-order valence-corrected chi connectivity index (χ4v) is 3.55. The topological polar surface area (TPSA) is 150 Å². The van der Waals surface area contributed by atoms with E-state index in [1.807, 2.05) is 0 Å². The molecule has 0 bridgehead atoms. The molecule has 1 aliphatic rings. The molecule has 0 aromatic rings. The molecule has 200 valence electrons. The van der Waals surface area contributed by atoms with Gasteiger partial charge in [-0.05, 0) is 26.7 Å². The van der Waals surface area contributed by atoms with E-state index < -0.39 is 66.3 Å². The van der Waals surface area contributed by atoms with Crippen molar-refractivity contribution in [2.75, 3.05) is 26.4 Å². The third-order valence-electron chi connectivity index (χ3n) is 5.12. The van der Waals surface area contributed by atoms with Gasteiger partial charge in [-0.15, -0.1) is 0 Å². The first kappa shape index (κ1) is 30.3. The highest BCUT2D eigenvalue weighted by Gasteiger charge is 2.48. The molecule has 0 saturated carbocycles. The summed E-state index contributed by atoms with van der Waals surface area (Å²) in [6.07, 6.45) is -3.58. The zero-order chi connectivity index (χ0) is 26.5. The van der Waals surface area contributed by atoms with Gasteiger partial charge in [-0.2, -0.15) is 0 Å². The summed E-state index contributed by atoms with van der Waals surface area (Å²) in [5, 5.41) is 0. The zero-order valence-electron chi connectivity index (χ0n) is 21.1. The minimum Gasteiger partial charge on any atom is -0.465 e. The van der Waals surface area contributed by atoms with Crippen LogP contribution in [0.3, 0.4) is 0 Å². The lowest BCUT2D eigenvalue weighted by Crippen LogP contribution is -2.58.